The Bertz CT molecular complexity index is 1890. The first-order valence-electron chi connectivity index (χ1n) is 12.5. The Hall–Kier alpha value is -5.32. The number of hydrogen-bond acceptors (Lipinski definition) is 6. The highest BCUT2D eigenvalue weighted by molar-refractivity contribution is 6.06. The molecule has 0 bridgehead atoms. The minimum atomic E-state index is -4.57. The second-order valence-corrected chi connectivity index (χ2v) is 9.30. The number of ether oxygens (including phenoxy) is 1. The maximum absolute atomic E-state index is 13.3. The molecular formula is C30H22F3N5O3. The molecule has 206 valence electrons. The Labute approximate surface area is 231 Å². The van der Waals surface area contributed by atoms with E-state index in [1.54, 1.807) is 24.4 Å². The number of aromatic amines is 1. The molecule has 0 fully saturated rings. The van der Waals surface area contributed by atoms with Crippen LogP contribution in [0.25, 0.3) is 33.5 Å². The van der Waals surface area contributed by atoms with Crippen LogP contribution in [0.3, 0.4) is 0 Å². The number of aromatic nitrogens is 3. The summed E-state index contributed by atoms with van der Waals surface area (Å²) in [6.07, 6.45) is -2.82. The maximum Gasteiger partial charge on any atom is 0.416 e. The van der Waals surface area contributed by atoms with E-state index < -0.39 is 17.6 Å². The minimum absolute atomic E-state index is 0.0980. The summed E-state index contributed by atoms with van der Waals surface area (Å²) in [5.41, 5.74) is 3.18. The Morgan fingerprint density at radius 2 is 1.80 bits per heavy atom. The molecule has 0 atom stereocenters. The summed E-state index contributed by atoms with van der Waals surface area (Å²) in [4.78, 5) is 25.5. The molecule has 8 nitrogen and oxygen atoms in total. The number of alkyl halides is 3. The molecule has 0 aliphatic heterocycles. The number of para-hydroxylation sites is 1. The molecule has 0 saturated carbocycles. The Balaban J connectivity index is 1.32. The Kier molecular flexibility index (Phi) is 6.33. The van der Waals surface area contributed by atoms with E-state index in [2.05, 4.69) is 20.6 Å². The highest BCUT2D eigenvalue weighted by atomic mass is 19.4. The summed E-state index contributed by atoms with van der Waals surface area (Å²) in [7, 11) is 1.31. The van der Waals surface area contributed by atoms with Crippen LogP contribution in [0.5, 0.6) is 5.75 Å². The number of halogens is 3. The van der Waals surface area contributed by atoms with E-state index in [0.29, 0.717) is 28.2 Å². The summed E-state index contributed by atoms with van der Waals surface area (Å²) in [6.45, 7) is 1.84. The largest absolute Gasteiger partial charge is 0.495 e. The van der Waals surface area contributed by atoms with Crippen LogP contribution < -0.4 is 15.4 Å². The van der Waals surface area contributed by atoms with Gasteiger partial charge in [-0.05, 0) is 61.0 Å². The molecular weight excluding hydrogens is 535 g/mol. The van der Waals surface area contributed by atoms with Crippen molar-refractivity contribution >= 4 is 45.2 Å². The van der Waals surface area contributed by atoms with E-state index in [-0.39, 0.29) is 22.9 Å². The van der Waals surface area contributed by atoms with Crippen molar-refractivity contribution in [2.45, 2.75) is 13.1 Å². The lowest BCUT2D eigenvalue weighted by atomic mass is 10.1. The van der Waals surface area contributed by atoms with Gasteiger partial charge in [0.05, 0.1) is 29.4 Å². The highest BCUT2D eigenvalue weighted by Gasteiger charge is 2.31. The molecule has 0 unspecified atom stereocenters. The van der Waals surface area contributed by atoms with Crippen LogP contribution in [0.15, 0.2) is 83.4 Å². The van der Waals surface area contributed by atoms with Crippen LogP contribution in [0.4, 0.5) is 30.5 Å². The monoisotopic (exact) mass is 557 g/mol. The predicted molar refractivity (Wildman–Crippen MR) is 150 cm³/mol. The molecule has 0 saturated heterocycles. The quantitative estimate of drug-likeness (QED) is 0.194. The minimum Gasteiger partial charge on any atom is -0.495 e. The van der Waals surface area contributed by atoms with Gasteiger partial charge in [-0.15, -0.1) is 0 Å². The molecule has 0 aliphatic rings. The van der Waals surface area contributed by atoms with Gasteiger partial charge in [0.25, 0.3) is 5.91 Å². The molecule has 6 rings (SSSR count). The van der Waals surface area contributed by atoms with Gasteiger partial charge in [0.15, 0.2) is 5.76 Å². The zero-order chi connectivity index (χ0) is 28.7. The number of hydrogen-bond donors (Lipinski definition) is 3. The van der Waals surface area contributed by atoms with E-state index in [1.807, 2.05) is 43.3 Å². The van der Waals surface area contributed by atoms with Gasteiger partial charge in [-0.25, -0.2) is 9.97 Å². The number of nitrogens with one attached hydrogen (secondary N) is 3. The van der Waals surface area contributed by atoms with Crippen molar-refractivity contribution in [1.82, 2.24) is 15.0 Å². The van der Waals surface area contributed by atoms with Gasteiger partial charge in [0.1, 0.15) is 17.0 Å². The van der Waals surface area contributed by atoms with Gasteiger partial charge in [0, 0.05) is 22.8 Å². The van der Waals surface area contributed by atoms with E-state index in [4.69, 9.17) is 14.1 Å². The average molecular weight is 558 g/mol. The molecule has 3 N–H and O–H groups in total. The fourth-order valence-corrected chi connectivity index (χ4v) is 4.47. The zero-order valence-electron chi connectivity index (χ0n) is 21.8. The van der Waals surface area contributed by atoms with Gasteiger partial charge in [-0.3, -0.25) is 4.79 Å². The highest BCUT2D eigenvalue weighted by Crippen LogP contribution is 2.36. The average Bonchev–Trinajstić information content (AvgIpc) is 3.60. The fourth-order valence-electron chi connectivity index (χ4n) is 4.47. The summed E-state index contributed by atoms with van der Waals surface area (Å²) in [5, 5.41) is 6.64. The molecule has 3 aromatic heterocycles. The summed E-state index contributed by atoms with van der Waals surface area (Å²) in [5.74, 6) is 0.315. The van der Waals surface area contributed by atoms with Crippen LogP contribution in [-0.2, 0) is 6.18 Å². The standard InChI is InChI=1S/C30H22F3N5O3/c1-16-7-8-18(28(39)35-22-15-19(30(31,32)33)9-10-24(22)40-2)13-21(16)37-29-36-20-11-12-34-26(20)27(38-29)25-14-17-5-3-4-6-23(17)41-25/h3-15,34H,1-2H3,(H,35,39)(H,36,37,38). The molecule has 0 spiro atoms. The lowest BCUT2D eigenvalue weighted by molar-refractivity contribution is -0.137. The van der Waals surface area contributed by atoms with Crippen LogP contribution in [0.2, 0.25) is 0 Å². The van der Waals surface area contributed by atoms with Crippen molar-refractivity contribution in [2.24, 2.45) is 0 Å². The number of fused-ring (bicyclic) bond motifs is 2. The number of methoxy groups -OCH3 is 1. The molecule has 3 heterocycles. The van der Waals surface area contributed by atoms with Crippen LogP contribution in [0, 0.1) is 6.92 Å². The smallest absolute Gasteiger partial charge is 0.416 e. The Morgan fingerprint density at radius 3 is 2.59 bits per heavy atom. The SMILES string of the molecule is COc1ccc(C(F)(F)F)cc1NC(=O)c1ccc(C)c(Nc2nc(-c3cc4ccccc4o3)c3[nH]ccc3n2)c1. The Morgan fingerprint density at radius 1 is 0.976 bits per heavy atom. The van der Waals surface area contributed by atoms with Gasteiger partial charge in [-0.1, -0.05) is 24.3 Å². The van der Waals surface area contributed by atoms with Crippen molar-refractivity contribution in [3.8, 4) is 17.2 Å². The first kappa shape index (κ1) is 25.9. The molecule has 6 aromatic rings. The van der Waals surface area contributed by atoms with Crippen molar-refractivity contribution < 1.29 is 27.1 Å². The van der Waals surface area contributed by atoms with E-state index >= 15 is 0 Å². The molecule has 1 amide bonds. The number of rotatable bonds is 6. The van der Waals surface area contributed by atoms with Crippen LogP contribution >= 0.6 is 0 Å². The normalized spacial score (nSPS) is 11.6. The third-order valence-corrected chi connectivity index (χ3v) is 6.59. The topological polar surface area (TPSA) is 105 Å². The molecule has 0 aliphatic carbocycles. The first-order chi connectivity index (χ1) is 19.7. The molecule has 11 heteroatoms. The third kappa shape index (κ3) is 5.05. The van der Waals surface area contributed by atoms with Gasteiger partial charge < -0.3 is 24.8 Å². The summed E-state index contributed by atoms with van der Waals surface area (Å²) >= 11 is 0. The molecule has 3 aromatic carbocycles. The molecule has 41 heavy (non-hydrogen) atoms. The number of nitrogens with zero attached hydrogens (tertiary/aromatic N) is 2. The van der Waals surface area contributed by atoms with Crippen LogP contribution in [0.1, 0.15) is 21.5 Å². The lowest BCUT2D eigenvalue weighted by Gasteiger charge is -2.15. The lowest BCUT2D eigenvalue weighted by Crippen LogP contribution is -2.14. The third-order valence-electron chi connectivity index (χ3n) is 6.59. The number of aryl methyl sites for hydroxylation is 1. The van der Waals surface area contributed by atoms with E-state index in [9.17, 15) is 18.0 Å². The van der Waals surface area contributed by atoms with Gasteiger partial charge in [-0.2, -0.15) is 13.2 Å². The summed E-state index contributed by atoms with van der Waals surface area (Å²) in [6, 6.07) is 19.1. The molecule has 0 radical (unpaired) electrons. The van der Waals surface area contributed by atoms with E-state index in [1.165, 1.54) is 7.11 Å². The number of amides is 1. The van der Waals surface area contributed by atoms with Crippen molar-refractivity contribution in [3.63, 3.8) is 0 Å². The van der Waals surface area contributed by atoms with Gasteiger partial charge in [0.2, 0.25) is 5.95 Å². The maximum atomic E-state index is 13.3. The number of carbonyl (C=O) groups is 1. The van der Waals surface area contributed by atoms with Crippen molar-refractivity contribution in [3.05, 3.63) is 95.7 Å². The fraction of sp³-hybridized carbons (Fsp3) is 0.100. The number of carbonyl (C=O) groups excluding carboxylic acids is 1. The second kappa shape index (κ2) is 10.0. The van der Waals surface area contributed by atoms with Gasteiger partial charge >= 0.3 is 6.18 Å². The zero-order valence-corrected chi connectivity index (χ0v) is 21.8. The number of benzene rings is 3. The number of anilines is 3. The van der Waals surface area contributed by atoms with E-state index in [0.717, 1.165) is 34.7 Å². The predicted octanol–water partition coefficient (Wildman–Crippen LogP) is 7.70. The summed E-state index contributed by atoms with van der Waals surface area (Å²) < 4.78 is 51.0. The number of H-pyrrole nitrogens is 1. The first-order valence-corrected chi connectivity index (χ1v) is 12.5. The van der Waals surface area contributed by atoms with Crippen molar-refractivity contribution in [1.29, 1.82) is 0 Å². The van der Waals surface area contributed by atoms with Crippen molar-refractivity contribution in [2.75, 3.05) is 17.7 Å². The van der Waals surface area contributed by atoms with Crippen LogP contribution in [-0.4, -0.2) is 28.0 Å². The second-order valence-electron chi connectivity index (χ2n) is 9.30. The number of furan rings is 1.